The maximum absolute atomic E-state index is 11.5. The molecule has 1 fully saturated rings. The summed E-state index contributed by atoms with van der Waals surface area (Å²) in [4.78, 5) is 22.9. The van der Waals surface area contributed by atoms with Gasteiger partial charge in [-0.3, -0.25) is 9.59 Å². The Morgan fingerprint density at radius 3 is 2.82 bits per heavy atom. The van der Waals surface area contributed by atoms with Gasteiger partial charge in [-0.1, -0.05) is 24.8 Å². The maximum atomic E-state index is 11.5. The van der Waals surface area contributed by atoms with E-state index in [0.717, 1.165) is 6.42 Å². The molecule has 1 saturated carbocycles. The molecule has 1 aliphatic carbocycles. The van der Waals surface area contributed by atoms with Crippen LogP contribution in [-0.4, -0.2) is 18.4 Å². The number of ether oxygens (including phenoxy) is 1. The highest BCUT2D eigenvalue weighted by atomic mass is 16.5. The smallest absolute Gasteiger partial charge is 0.306 e. The van der Waals surface area contributed by atoms with E-state index in [-0.39, 0.29) is 24.3 Å². The predicted octanol–water partition coefficient (Wildman–Crippen LogP) is 2.67. The fourth-order valence-corrected chi connectivity index (χ4v) is 2.25. The minimum absolute atomic E-state index is 0.149. The molecular weight excluding hydrogens is 216 g/mol. The molecule has 94 valence electrons. The van der Waals surface area contributed by atoms with Crippen molar-refractivity contribution in [2.75, 3.05) is 6.61 Å². The van der Waals surface area contributed by atoms with E-state index in [1.54, 1.807) is 6.08 Å². The fourth-order valence-electron chi connectivity index (χ4n) is 2.25. The van der Waals surface area contributed by atoms with Crippen molar-refractivity contribution in [1.29, 1.82) is 0 Å². The first-order chi connectivity index (χ1) is 8.17. The van der Waals surface area contributed by atoms with Crippen LogP contribution in [0.25, 0.3) is 0 Å². The standard InChI is InChI=1S/C14H20O3/c1-3-5-6-11-8-13(15)9-12(11)10-14(16)17-7-4-2/h3-5,11-12H,2,6-10H2,1H3. The minimum Gasteiger partial charge on any atom is -0.461 e. The summed E-state index contributed by atoms with van der Waals surface area (Å²) in [6.07, 6.45) is 7.94. The van der Waals surface area contributed by atoms with Crippen molar-refractivity contribution in [1.82, 2.24) is 0 Å². The zero-order chi connectivity index (χ0) is 12.7. The van der Waals surface area contributed by atoms with Gasteiger partial charge in [-0.05, 0) is 25.2 Å². The fraction of sp³-hybridized carbons (Fsp3) is 0.571. The first kappa shape index (κ1) is 13.7. The Bertz CT molecular complexity index is 317. The van der Waals surface area contributed by atoms with Gasteiger partial charge in [0.1, 0.15) is 12.4 Å². The SMILES string of the molecule is C=CCOC(=O)CC1CC(=O)CC1CC=CC. The van der Waals surface area contributed by atoms with Crippen LogP contribution in [-0.2, 0) is 14.3 Å². The predicted molar refractivity (Wildman–Crippen MR) is 66.4 cm³/mol. The molecule has 0 saturated heterocycles. The lowest BCUT2D eigenvalue weighted by atomic mass is 9.90. The Balaban J connectivity index is 2.46. The van der Waals surface area contributed by atoms with Crippen LogP contribution < -0.4 is 0 Å². The van der Waals surface area contributed by atoms with Crippen LogP contribution in [0.3, 0.4) is 0 Å². The van der Waals surface area contributed by atoms with Crippen molar-refractivity contribution in [3.05, 3.63) is 24.8 Å². The van der Waals surface area contributed by atoms with E-state index in [1.807, 2.05) is 13.0 Å². The Labute approximate surface area is 103 Å². The molecule has 1 rings (SSSR count). The van der Waals surface area contributed by atoms with Crippen molar-refractivity contribution in [3.8, 4) is 0 Å². The van der Waals surface area contributed by atoms with E-state index >= 15 is 0 Å². The zero-order valence-corrected chi connectivity index (χ0v) is 10.4. The highest BCUT2D eigenvalue weighted by molar-refractivity contribution is 5.82. The van der Waals surface area contributed by atoms with Gasteiger partial charge in [0.25, 0.3) is 0 Å². The summed E-state index contributed by atoms with van der Waals surface area (Å²) in [5.41, 5.74) is 0. The van der Waals surface area contributed by atoms with Gasteiger partial charge < -0.3 is 4.74 Å². The highest BCUT2D eigenvalue weighted by Gasteiger charge is 2.33. The lowest BCUT2D eigenvalue weighted by molar-refractivity contribution is -0.143. The zero-order valence-electron chi connectivity index (χ0n) is 10.4. The topological polar surface area (TPSA) is 43.4 Å². The van der Waals surface area contributed by atoms with Gasteiger partial charge in [-0.2, -0.15) is 0 Å². The molecule has 2 atom stereocenters. The van der Waals surface area contributed by atoms with Crippen LogP contribution in [0.15, 0.2) is 24.8 Å². The molecule has 0 heterocycles. The molecule has 0 amide bonds. The third kappa shape index (κ3) is 4.55. The van der Waals surface area contributed by atoms with Gasteiger partial charge in [-0.15, -0.1) is 0 Å². The van der Waals surface area contributed by atoms with Crippen LogP contribution in [0.1, 0.15) is 32.6 Å². The second-order valence-electron chi connectivity index (χ2n) is 4.45. The summed E-state index contributed by atoms with van der Waals surface area (Å²) in [5.74, 6) is 0.488. The van der Waals surface area contributed by atoms with Gasteiger partial charge in [0.05, 0.1) is 0 Å². The molecule has 17 heavy (non-hydrogen) atoms. The molecule has 1 aliphatic rings. The van der Waals surface area contributed by atoms with Gasteiger partial charge in [0, 0.05) is 19.3 Å². The second kappa shape index (κ2) is 7.05. The quantitative estimate of drug-likeness (QED) is 0.526. The van der Waals surface area contributed by atoms with Crippen molar-refractivity contribution >= 4 is 11.8 Å². The van der Waals surface area contributed by atoms with E-state index < -0.39 is 0 Å². The van der Waals surface area contributed by atoms with Crippen LogP contribution >= 0.6 is 0 Å². The van der Waals surface area contributed by atoms with Crippen LogP contribution in [0.5, 0.6) is 0 Å². The summed E-state index contributed by atoms with van der Waals surface area (Å²) in [6.45, 7) is 5.70. The first-order valence-corrected chi connectivity index (χ1v) is 6.06. The number of hydrogen-bond donors (Lipinski definition) is 0. The number of hydrogen-bond acceptors (Lipinski definition) is 3. The molecule has 0 bridgehead atoms. The number of ketones is 1. The second-order valence-corrected chi connectivity index (χ2v) is 4.45. The molecule has 0 aromatic carbocycles. The molecule has 0 radical (unpaired) electrons. The Morgan fingerprint density at radius 2 is 2.18 bits per heavy atom. The lowest BCUT2D eigenvalue weighted by Crippen LogP contribution is -2.15. The van der Waals surface area contributed by atoms with Gasteiger partial charge >= 0.3 is 5.97 Å². The largest absolute Gasteiger partial charge is 0.461 e. The monoisotopic (exact) mass is 236 g/mol. The molecule has 0 aromatic heterocycles. The average Bonchev–Trinajstić information content (AvgIpc) is 2.64. The summed E-state index contributed by atoms with van der Waals surface area (Å²) in [6, 6.07) is 0. The molecule has 0 aromatic rings. The molecule has 3 nitrogen and oxygen atoms in total. The van der Waals surface area contributed by atoms with Crippen molar-refractivity contribution in [3.63, 3.8) is 0 Å². The molecule has 3 heteroatoms. The first-order valence-electron chi connectivity index (χ1n) is 6.06. The van der Waals surface area contributed by atoms with E-state index in [1.165, 1.54) is 0 Å². The molecular formula is C14H20O3. The van der Waals surface area contributed by atoms with E-state index in [4.69, 9.17) is 4.74 Å². The summed E-state index contributed by atoms with van der Waals surface area (Å²) >= 11 is 0. The van der Waals surface area contributed by atoms with Crippen LogP contribution in [0.4, 0.5) is 0 Å². The van der Waals surface area contributed by atoms with Gasteiger partial charge in [0.15, 0.2) is 0 Å². The summed E-state index contributed by atoms with van der Waals surface area (Å²) < 4.78 is 4.95. The number of rotatable bonds is 6. The van der Waals surface area contributed by atoms with E-state index in [9.17, 15) is 9.59 Å². The number of allylic oxidation sites excluding steroid dienone is 2. The lowest BCUT2D eigenvalue weighted by Gasteiger charge is -2.15. The van der Waals surface area contributed by atoms with Crippen LogP contribution in [0.2, 0.25) is 0 Å². The Morgan fingerprint density at radius 1 is 1.47 bits per heavy atom. The minimum atomic E-state index is -0.227. The van der Waals surface area contributed by atoms with Crippen molar-refractivity contribution in [2.24, 2.45) is 11.8 Å². The van der Waals surface area contributed by atoms with E-state index in [0.29, 0.717) is 25.2 Å². The Hall–Kier alpha value is -1.38. The van der Waals surface area contributed by atoms with Crippen molar-refractivity contribution < 1.29 is 14.3 Å². The normalized spacial score (nSPS) is 24.2. The van der Waals surface area contributed by atoms with Crippen molar-refractivity contribution in [2.45, 2.75) is 32.6 Å². The number of carbonyl (C=O) groups is 2. The molecule has 0 aliphatic heterocycles. The van der Waals surface area contributed by atoms with E-state index in [2.05, 4.69) is 12.7 Å². The Kier molecular flexibility index (Phi) is 5.67. The molecule has 0 N–H and O–H groups in total. The number of carbonyl (C=O) groups excluding carboxylic acids is 2. The average molecular weight is 236 g/mol. The number of Topliss-reactive ketones (excluding diaryl/α,β-unsaturated/α-hetero) is 1. The maximum Gasteiger partial charge on any atom is 0.306 e. The van der Waals surface area contributed by atoms with Crippen LogP contribution in [0, 0.1) is 11.8 Å². The summed E-state index contributed by atoms with van der Waals surface area (Å²) in [5, 5.41) is 0. The van der Waals surface area contributed by atoms with Gasteiger partial charge in [0.2, 0.25) is 0 Å². The highest BCUT2D eigenvalue weighted by Crippen LogP contribution is 2.34. The molecule has 0 spiro atoms. The third-order valence-corrected chi connectivity index (χ3v) is 3.11. The molecule has 2 unspecified atom stereocenters. The van der Waals surface area contributed by atoms with Gasteiger partial charge in [-0.25, -0.2) is 0 Å². The third-order valence-electron chi connectivity index (χ3n) is 3.11. The summed E-state index contributed by atoms with van der Waals surface area (Å²) in [7, 11) is 0. The number of esters is 1.